The Hall–Kier alpha value is -2.26. The third kappa shape index (κ3) is 4.14. The maximum absolute atomic E-state index is 12.6. The molecule has 1 aliphatic heterocycles. The fourth-order valence-electron chi connectivity index (χ4n) is 2.46. The lowest BCUT2D eigenvalue weighted by molar-refractivity contribution is 0.0707. The molecule has 1 heterocycles. The van der Waals surface area contributed by atoms with Crippen LogP contribution in [0.3, 0.4) is 0 Å². The molecule has 1 fully saturated rings. The molecule has 0 aliphatic carbocycles. The van der Waals surface area contributed by atoms with Crippen LogP contribution in [-0.4, -0.2) is 55.0 Å². The Balaban J connectivity index is 1.99. The number of nitrogens with one attached hydrogen (secondary N) is 1. The van der Waals surface area contributed by atoms with Crippen LogP contribution in [0.25, 0.3) is 0 Å². The molecule has 23 heavy (non-hydrogen) atoms. The van der Waals surface area contributed by atoms with Gasteiger partial charge in [-0.25, -0.2) is 4.79 Å². The summed E-state index contributed by atoms with van der Waals surface area (Å²) >= 11 is 6.08. The number of nitriles is 1. The first-order valence-corrected chi connectivity index (χ1v) is 7.77. The first-order valence-electron chi connectivity index (χ1n) is 7.39. The fraction of sp³-hybridized carbons (Fsp3) is 0.438. The number of hydrogen-bond donors (Lipinski definition) is 1. The highest BCUT2D eigenvalue weighted by molar-refractivity contribution is 6.33. The van der Waals surface area contributed by atoms with Crippen molar-refractivity contribution in [2.75, 3.05) is 27.2 Å². The zero-order valence-electron chi connectivity index (χ0n) is 13.2. The number of benzene rings is 1. The molecule has 1 aromatic rings. The van der Waals surface area contributed by atoms with Crippen molar-refractivity contribution in [2.45, 2.75) is 18.9 Å². The normalized spacial score (nSPS) is 15.0. The van der Waals surface area contributed by atoms with E-state index in [0.717, 1.165) is 0 Å². The lowest BCUT2D eigenvalue weighted by Crippen LogP contribution is -2.48. The largest absolute Gasteiger partial charge is 0.338 e. The van der Waals surface area contributed by atoms with Crippen LogP contribution < -0.4 is 5.32 Å². The average molecular weight is 335 g/mol. The number of rotatable bonds is 2. The highest BCUT2D eigenvalue weighted by Crippen LogP contribution is 2.21. The Morgan fingerprint density at radius 1 is 1.35 bits per heavy atom. The van der Waals surface area contributed by atoms with Crippen LogP contribution in [0.1, 0.15) is 28.8 Å². The van der Waals surface area contributed by atoms with Gasteiger partial charge in [0.1, 0.15) is 0 Å². The van der Waals surface area contributed by atoms with Crippen molar-refractivity contribution < 1.29 is 9.59 Å². The highest BCUT2D eigenvalue weighted by atomic mass is 35.5. The van der Waals surface area contributed by atoms with Crippen molar-refractivity contribution in [2.24, 2.45) is 0 Å². The first-order chi connectivity index (χ1) is 10.9. The van der Waals surface area contributed by atoms with E-state index >= 15 is 0 Å². The molecule has 0 unspecified atom stereocenters. The predicted molar refractivity (Wildman–Crippen MR) is 87.3 cm³/mol. The second-order valence-electron chi connectivity index (χ2n) is 5.72. The van der Waals surface area contributed by atoms with Gasteiger partial charge in [0.25, 0.3) is 5.91 Å². The zero-order valence-corrected chi connectivity index (χ0v) is 13.9. The lowest BCUT2D eigenvalue weighted by Gasteiger charge is -2.33. The predicted octanol–water partition coefficient (Wildman–Crippen LogP) is 2.09. The third-order valence-corrected chi connectivity index (χ3v) is 4.17. The van der Waals surface area contributed by atoms with Crippen molar-refractivity contribution in [1.82, 2.24) is 15.1 Å². The quantitative estimate of drug-likeness (QED) is 0.899. The minimum Gasteiger partial charge on any atom is -0.338 e. The van der Waals surface area contributed by atoms with Gasteiger partial charge < -0.3 is 15.1 Å². The minimum absolute atomic E-state index is 0.0647. The van der Waals surface area contributed by atoms with Crippen LogP contribution >= 0.6 is 11.6 Å². The lowest BCUT2D eigenvalue weighted by atomic mass is 10.0. The Morgan fingerprint density at radius 2 is 2.00 bits per heavy atom. The molecular formula is C16H19ClN4O2. The number of hydrogen-bond acceptors (Lipinski definition) is 3. The smallest absolute Gasteiger partial charge is 0.317 e. The summed E-state index contributed by atoms with van der Waals surface area (Å²) in [5, 5.41) is 12.2. The molecule has 0 radical (unpaired) electrons. The van der Waals surface area contributed by atoms with E-state index < -0.39 is 0 Å². The number of amides is 3. The van der Waals surface area contributed by atoms with E-state index in [1.807, 2.05) is 6.07 Å². The van der Waals surface area contributed by atoms with E-state index in [-0.39, 0.29) is 18.0 Å². The van der Waals surface area contributed by atoms with E-state index in [1.54, 1.807) is 31.1 Å². The monoisotopic (exact) mass is 334 g/mol. The van der Waals surface area contributed by atoms with E-state index in [4.69, 9.17) is 16.9 Å². The molecule has 0 bridgehead atoms. The molecule has 2 rings (SSSR count). The summed E-state index contributed by atoms with van der Waals surface area (Å²) in [4.78, 5) is 27.4. The van der Waals surface area contributed by atoms with E-state index in [2.05, 4.69) is 5.32 Å². The number of urea groups is 1. The van der Waals surface area contributed by atoms with Gasteiger partial charge in [-0.2, -0.15) is 5.26 Å². The van der Waals surface area contributed by atoms with E-state index in [1.165, 1.54) is 11.0 Å². The van der Waals surface area contributed by atoms with Gasteiger partial charge in [0.2, 0.25) is 0 Å². The number of likely N-dealkylation sites (tertiary alicyclic amines) is 1. The van der Waals surface area contributed by atoms with Gasteiger partial charge in [-0.05, 0) is 31.0 Å². The zero-order chi connectivity index (χ0) is 17.0. The number of nitrogens with zero attached hydrogens (tertiary/aromatic N) is 3. The van der Waals surface area contributed by atoms with Gasteiger partial charge in [0.15, 0.2) is 0 Å². The van der Waals surface area contributed by atoms with Crippen LogP contribution in [-0.2, 0) is 0 Å². The Morgan fingerprint density at radius 3 is 2.57 bits per heavy atom. The molecule has 6 nitrogen and oxygen atoms in total. The molecule has 1 aromatic carbocycles. The minimum atomic E-state index is -0.176. The van der Waals surface area contributed by atoms with Gasteiger partial charge in [-0.1, -0.05) is 11.6 Å². The molecule has 122 valence electrons. The third-order valence-electron chi connectivity index (χ3n) is 3.84. The molecule has 1 N–H and O–H groups in total. The molecule has 0 saturated carbocycles. The van der Waals surface area contributed by atoms with Gasteiger partial charge in [0.05, 0.1) is 22.2 Å². The van der Waals surface area contributed by atoms with Gasteiger partial charge >= 0.3 is 6.03 Å². The molecule has 7 heteroatoms. The maximum Gasteiger partial charge on any atom is 0.317 e. The van der Waals surface area contributed by atoms with Crippen LogP contribution in [0.2, 0.25) is 5.02 Å². The molecule has 0 atom stereocenters. The topological polar surface area (TPSA) is 76.4 Å². The van der Waals surface area contributed by atoms with E-state index in [0.29, 0.717) is 42.1 Å². The first kappa shape index (κ1) is 17.1. The molecule has 0 spiro atoms. The second-order valence-corrected chi connectivity index (χ2v) is 6.12. The van der Waals surface area contributed by atoms with Gasteiger partial charge in [-0.15, -0.1) is 0 Å². The summed E-state index contributed by atoms with van der Waals surface area (Å²) in [7, 11) is 3.39. The summed E-state index contributed by atoms with van der Waals surface area (Å²) in [6.45, 7) is 1.09. The van der Waals surface area contributed by atoms with Crippen molar-refractivity contribution in [3.8, 4) is 6.07 Å². The summed E-state index contributed by atoms with van der Waals surface area (Å²) < 4.78 is 0. The van der Waals surface area contributed by atoms with Crippen LogP contribution in [0.4, 0.5) is 4.79 Å². The number of halogens is 1. The van der Waals surface area contributed by atoms with Crippen molar-refractivity contribution in [3.05, 3.63) is 34.3 Å². The summed E-state index contributed by atoms with van der Waals surface area (Å²) in [5.74, 6) is -0.176. The Labute approximate surface area is 140 Å². The number of piperidine rings is 1. The van der Waals surface area contributed by atoms with Gasteiger partial charge in [0, 0.05) is 33.2 Å². The van der Waals surface area contributed by atoms with Crippen LogP contribution in [0.15, 0.2) is 18.2 Å². The fourth-order valence-corrected chi connectivity index (χ4v) is 2.66. The number of carbonyl (C=O) groups is 2. The van der Waals surface area contributed by atoms with Crippen LogP contribution in [0, 0.1) is 11.3 Å². The molecule has 0 aromatic heterocycles. The van der Waals surface area contributed by atoms with Crippen LogP contribution in [0.5, 0.6) is 0 Å². The van der Waals surface area contributed by atoms with Crippen molar-refractivity contribution >= 4 is 23.5 Å². The summed E-state index contributed by atoms with van der Waals surface area (Å²) in [6, 6.07) is 6.62. The van der Waals surface area contributed by atoms with Crippen molar-refractivity contribution in [3.63, 3.8) is 0 Å². The van der Waals surface area contributed by atoms with Crippen molar-refractivity contribution in [1.29, 1.82) is 5.26 Å². The SMILES string of the molecule is CN(C)C(=O)NC1CCN(C(=O)c2cc(C#N)ccc2Cl)CC1. The Bertz CT molecular complexity index is 646. The molecule has 1 saturated heterocycles. The maximum atomic E-state index is 12.6. The molecule has 3 amide bonds. The standard InChI is InChI=1S/C16H19ClN4O2/c1-20(2)16(23)19-12-5-7-21(8-6-12)15(22)13-9-11(10-18)3-4-14(13)17/h3-4,9,12H,5-8H2,1-2H3,(H,19,23). The number of carbonyl (C=O) groups excluding carboxylic acids is 2. The highest BCUT2D eigenvalue weighted by Gasteiger charge is 2.26. The summed E-state index contributed by atoms with van der Waals surface area (Å²) in [6.07, 6.45) is 1.39. The average Bonchev–Trinajstić information content (AvgIpc) is 2.55. The van der Waals surface area contributed by atoms with E-state index in [9.17, 15) is 9.59 Å². The molecule has 1 aliphatic rings. The molecular weight excluding hydrogens is 316 g/mol. The van der Waals surface area contributed by atoms with Gasteiger partial charge in [-0.3, -0.25) is 4.79 Å². The second kappa shape index (κ2) is 7.34. The summed E-state index contributed by atoms with van der Waals surface area (Å²) in [5.41, 5.74) is 0.757. The Kier molecular flexibility index (Phi) is 5.45.